The SMILES string of the molecule is CN(C)C1CCN(c2nc(-c3ccc(C#N)cc3)c(-c3cc(F)c4c(c3)n(C)c(=O)n4C)n3cncc23)CC1. The molecule has 3 aromatic heterocycles. The van der Waals surface area contributed by atoms with Gasteiger partial charge in [-0.2, -0.15) is 5.26 Å². The lowest BCUT2D eigenvalue weighted by atomic mass is 10.0. The van der Waals surface area contributed by atoms with Gasteiger partial charge in [0.05, 0.1) is 41.1 Å². The first-order valence-corrected chi connectivity index (χ1v) is 12.9. The molecule has 1 fully saturated rings. The molecule has 2 aromatic carbocycles. The van der Waals surface area contributed by atoms with Crippen LogP contribution in [-0.2, 0) is 14.1 Å². The van der Waals surface area contributed by atoms with Crippen LogP contribution in [0.3, 0.4) is 0 Å². The highest BCUT2D eigenvalue weighted by Gasteiger charge is 2.26. The number of aryl methyl sites for hydroxylation is 2. The van der Waals surface area contributed by atoms with Crippen molar-refractivity contribution in [2.24, 2.45) is 14.1 Å². The Kier molecular flexibility index (Phi) is 5.96. The Morgan fingerprint density at radius 3 is 2.41 bits per heavy atom. The van der Waals surface area contributed by atoms with Gasteiger partial charge in [-0.1, -0.05) is 12.1 Å². The highest BCUT2D eigenvalue weighted by molar-refractivity contribution is 5.89. The van der Waals surface area contributed by atoms with Crippen LogP contribution in [0.4, 0.5) is 10.2 Å². The van der Waals surface area contributed by atoms with Gasteiger partial charge in [0.1, 0.15) is 16.9 Å². The number of anilines is 1. The van der Waals surface area contributed by atoms with Crippen molar-refractivity contribution in [3.8, 4) is 28.6 Å². The van der Waals surface area contributed by atoms with Crippen molar-refractivity contribution in [1.29, 1.82) is 5.26 Å². The third kappa shape index (κ3) is 3.97. The first-order valence-electron chi connectivity index (χ1n) is 12.9. The third-order valence-electron chi connectivity index (χ3n) is 7.92. The van der Waals surface area contributed by atoms with Gasteiger partial charge in [0.25, 0.3) is 0 Å². The molecule has 198 valence electrons. The summed E-state index contributed by atoms with van der Waals surface area (Å²) in [7, 11) is 7.44. The van der Waals surface area contributed by atoms with E-state index in [2.05, 4.69) is 34.9 Å². The summed E-state index contributed by atoms with van der Waals surface area (Å²) in [6, 6.07) is 13.2. The molecule has 10 heteroatoms. The fraction of sp³-hybridized carbons (Fsp3) is 0.310. The summed E-state index contributed by atoms with van der Waals surface area (Å²) >= 11 is 0. The fourth-order valence-corrected chi connectivity index (χ4v) is 5.71. The smallest absolute Gasteiger partial charge is 0.328 e. The van der Waals surface area contributed by atoms with Gasteiger partial charge in [0, 0.05) is 44.4 Å². The Balaban J connectivity index is 1.61. The molecule has 0 aliphatic carbocycles. The highest BCUT2D eigenvalue weighted by atomic mass is 19.1. The van der Waals surface area contributed by atoms with Gasteiger partial charge < -0.3 is 9.80 Å². The molecular formula is C29H29FN8O. The number of nitrogens with zero attached hydrogens (tertiary/aromatic N) is 8. The van der Waals surface area contributed by atoms with Gasteiger partial charge in [-0.05, 0) is 51.2 Å². The van der Waals surface area contributed by atoms with Crippen molar-refractivity contribution < 1.29 is 4.39 Å². The summed E-state index contributed by atoms with van der Waals surface area (Å²) in [6.45, 7) is 1.71. The van der Waals surface area contributed by atoms with E-state index < -0.39 is 5.82 Å². The normalized spacial score (nSPS) is 14.5. The summed E-state index contributed by atoms with van der Waals surface area (Å²) in [5, 5.41) is 9.34. The average molecular weight is 525 g/mol. The van der Waals surface area contributed by atoms with Gasteiger partial charge in [0.2, 0.25) is 0 Å². The van der Waals surface area contributed by atoms with Gasteiger partial charge in [-0.3, -0.25) is 13.5 Å². The molecule has 6 rings (SSSR count). The van der Waals surface area contributed by atoms with Crippen molar-refractivity contribution in [2.75, 3.05) is 32.1 Å². The summed E-state index contributed by atoms with van der Waals surface area (Å²) in [5.41, 5.74) is 4.50. The predicted octanol–water partition coefficient (Wildman–Crippen LogP) is 3.79. The molecule has 0 unspecified atom stereocenters. The zero-order chi connectivity index (χ0) is 27.4. The van der Waals surface area contributed by atoms with Crippen LogP contribution in [0.5, 0.6) is 0 Å². The van der Waals surface area contributed by atoms with Crippen molar-refractivity contribution in [3.63, 3.8) is 0 Å². The molecule has 0 N–H and O–H groups in total. The maximum atomic E-state index is 15.6. The summed E-state index contributed by atoms with van der Waals surface area (Å²) < 4.78 is 20.3. The topological polar surface area (TPSA) is 87.4 Å². The quantitative estimate of drug-likeness (QED) is 0.356. The minimum absolute atomic E-state index is 0.251. The van der Waals surface area contributed by atoms with Crippen LogP contribution >= 0.6 is 0 Å². The van der Waals surface area contributed by atoms with E-state index in [9.17, 15) is 10.1 Å². The summed E-state index contributed by atoms with van der Waals surface area (Å²) in [5.74, 6) is 0.332. The van der Waals surface area contributed by atoms with E-state index in [1.165, 1.54) is 15.2 Å². The lowest BCUT2D eigenvalue weighted by molar-refractivity contribution is 0.249. The number of fused-ring (bicyclic) bond motifs is 2. The molecule has 1 aliphatic heterocycles. The first kappa shape index (κ1) is 24.8. The largest absolute Gasteiger partial charge is 0.355 e. The van der Waals surface area contributed by atoms with Crippen LogP contribution < -0.4 is 10.6 Å². The minimum Gasteiger partial charge on any atom is -0.355 e. The second-order valence-electron chi connectivity index (χ2n) is 10.4. The second-order valence-corrected chi connectivity index (χ2v) is 10.4. The Morgan fingerprint density at radius 2 is 1.74 bits per heavy atom. The van der Waals surface area contributed by atoms with E-state index in [-0.39, 0.29) is 11.2 Å². The van der Waals surface area contributed by atoms with Gasteiger partial charge in [-0.25, -0.2) is 19.2 Å². The molecule has 0 amide bonds. The second kappa shape index (κ2) is 9.36. The number of aromatic nitrogens is 5. The maximum absolute atomic E-state index is 15.6. The molecule has 0 saturated carbocycles. The molecule has 1 saturated heterocycles. The monoisotopic (exact) mass is 524 g/mol. The van der Waals surface area contributed by atoms with Crippen molar-refractivity contribution in [1.82, 2.24) is 28.4 Å². The Labute approximate surface area is 225 Å². The maximum Gasteiger partial charge on any atom is 0.328 e. The molecule has 0 bridgehead atoms. The Bertz CT molecular complexity index is 1820. The molecule has 5 aromatic rings. The average Bonchev–Trinajstić information content (AvgIpc) is 3.52. The fourth-order valence-electron chi connectivity index (χ4n) is 5.71. The Hall–Kier alpha value is -4.49. The zero-order valence-electron chi connectivity index (χ0n) is 22.4. The van der Waals surface area contributed by atoms with Gasteiger partial charge >= 0.3 is 5.69 Å². The summed E-state index contributed by atoms with van der Waals surface area (Å²) in [4.78, 5) is 26.8. The van der Waals surface area contributed by atoms with E-state index >= 15 is 4.39 Å². The standard InChI is InChI=1S/C29H29FN8O/c1-34(2)21-9-11-37(12-10-21)28-24-16-32-17-38(24)26(25(33-28)19-7-5-18(15-31)6-8-19)20-13-22(30)27-23(14-20)35(3)29(39)36(27)4/h5-8,13-14,16-17,21H,9-12H2,1-4H3. The number of hydrogen-bond donors (Lipinski definition) is 0. The van der Waals surface area contributed by atoms with Crippen LogP contribution in [0.25, 0.3) is 39.1 Å². The number of piperidine rings is 1. The van der Waals surface area contributed by atoms with Crippen molar-refractivity contribution in [3.05, 3.63) is 70.8 Å². The van der Waals surface area contributed by atoms with E-state index in [1.54, 1.807) is 38.8 Å². The third-order valence-corrected chi connectivity index (χ3v) is 7.92. The van der Waals surface area contributed by atoms with Gasteiger partial charge in [0.15, 0.2) is 5.82 Å². The van der Waals surface area contributed by atoms with Crippen molar-refractivity contribution in [2.45, 2.75) is 18.9 Å². The highest BCUT2D eigenvalue weighted by Crippen LogP contribution is 2.37. The Morgan fingerprint density at radius 1 is 1.03 bits per heavy atom. The van der Waals surface area contributed by atoms with E-state index in [4.69, 9.17) is 4.98 Å². The van der Waals surface area contributed by atoms with Crippen LogP contribution in [-0.4, -0.2) is 61.6 Å². The first-order chi connectivity index (χ1) is 18.8. The number of imidazole rings is 2. The van der Waals surface area contributed by atoms with Crippen LogP contribution in [0.2, 0.25) is 0 Å². The van der Waals surface area contributed by atoms with Crippen LogP contribution in [0, 0.1) is 17.1 Å². The number of hydrogen-bond acceptors (Lipinski definition) is 6. The van der Waals surface area contributed by atoms with E-state index in [0.717, 1.165) is 42.8 Å². The molecule has 4 heterocycles. The van der Waals surface area contributed by atoms with Crippen LogP contribution in [0.15, 0.2) is 53.7 Å². The molecular weight excluding hydrogens is 495 g/mol. The predicted molar refractivity (Wildman–Crippen MR) is 149 cm³/mol. The number of nitriles is 1. The number of rotatable bonds is 4. The van der Waals surface area contributed by atoms with E-state index in [0.29, 0.717) is 34.1 Å². The van der Waals surface area contributed by atoms with Crippen LogP contribution in [0.1, 0.15) is 18.4 Å². The molecule has 1 aliphatic rings. The number of halogens is 1. The molecule has 0 atom stereocenters. The molecule has 9 nitrogen and oxygen atoms in total. The van der Waals surface area contributed by atoms with Gasteiger partial charge in [-0.15, -0.1) is 0 Å². The molecule has 0 spiro atoms. The zero-order valence-corrected chi connectivity index (χ0v) is 22.4. The number of benzene rings is 2. The lowest BCUT2D eigenvalue weighted by Gasteiger charge is -2.36. The lowest BCUT2D eigenvalue weighted by Crippen LogP contribution is -2.42. The summed E-state index contributed by atoms with van der Waals surface area (Å²) in [6.07, 6.45) is 5.56. The van der Waals surface area contributed by atoms with Crippen molar-refractivity contribution >= 4 is 22.4 Å². The minimum atomic E-state index is -0.489. The molecule has 0 radical (unpaired) electrons. The molecule has 39 heavy (non-hydrogen) atoms. The van der Waals surface area contributed by atoms with E-state index in [1.807, 2.05) is 22.6 Å².